The SMILES string of the molecule is Cl.Cl.NCc1nc(C(=O)N2CCN(c3ncc(Cl)cc3Cl)CC2)cs1. The summed E-state index contributed by atoms with van der Waals surface area (Å²) < 4.78 is 0. The monoisotopic (exact) mass is 443 g/mol. The lowest BCUT2D eigenvalue weighted by atomic mass is 10.2. The zero-order chi connectivity index (χ0) is 16.4. The van der Waals surface area contributed by atoms with Gasteiger partial charge in [0.2, 0.25) is 0 Å². The minimum Gasteiger partial charge on any atom is -0.352 e. The Labute approximate surface area is 172 Å². The predicted molar refractivity (Wildman–Crippen MR) is 107 cm³/mol. The van der Waals surface area contributed by atoms with E-state index in [2.05, 4.69) is 14.9 Å². The summed E-state index contributed by atoms with van der Waals surface area (Å²) in [7, 11) is 0. The Balaban J connectivity index is 0.00000156. The number of anilines is 1. The molecule has 0 unspecified atom stereocenters. The average Bonchev–Trinajstić information content (AvgIpc) is 3.03. The molecule has 2 aromatic rings. The molecule has 11 heteroatoms. The van der Waals surface area contributed by atoms with Gasteiger partial charge in [0.15, 0.2) is 0 Å². The molecule has 138 valence electrons. The third kappa shape index (κ3) is 5.09. The van der Waals surface area contributed by atoms with Gasteiger partial charge >= 0.3 is 0 Å². The van der Waals surface area contributed by atoms with Gasteiger partial charge in [0.25, 0.3) is 5.91 Å². The first-order valence-electron chi connectivity index (χ1n) is 7.08. The van der Waals surface area contributed by atoms with Crippen molar-refractivity contribution in [2.24, 2.45) is 5.73 Å². The number of carbonyl (C=O) groups excluding carboxylic acids is 1. The fourth-order valence-corrected chi connectivity index (χ4v) is 3.57. The van der Waals surface area contributed by atoms with Crippen LogP contribution in [-0.4, -0.2) is 47.0 Å². The zero-order valence-corrected chi connectivity index (χ0v) is 17.0. The van der Waals surface area contributed by atoms with E-state index in [4.69, 9.17) is 28.9 Å². The predicted octanol–water partition coefficient (Wildman–Crippen LogP) is 3.11. The molecule has 0 spiro atoms. The Morgan fingerprint density at radius 1 is 1.24 bits per heavy atom. The molecule has 3 heterocycles. The highest BCUT2D eigenvalue weighted by atomic mass is 35.5. The number of thiazole rings is 1. The van der Waals surface area contributed by atoms with Crippen LogP contribution >= 0.6 is 59.4 Å². The van der Waals surface area contributed by atoms with Crippen LogP contribution < -0.4 is 10.6 Å². The number of nitrogens with two attached hydrogens (primary N) is 1. The second kappa shape index (κ2) is 9.75. The third-order valence-electron chi connectivity index (χ3n) is 3.60. The van der Waals surface area contributed by atoms with Crippen LogP contribution in [0.1, 0.15) is 15.5 Å². The van der Waals surface area contributed by atoms with E-state index in [1.165, 1.54) is 11.3 Å². The largest absolute Gasteiger partial charge is 0.352 e. The number of piperazine rings is 1. The number of carbonyl (C=O) groups is 1. The van der Waals surface area contributed by atoms with Crippen molar-refractivity contribution < 1.29 is 4.79 Å². The van der Waals surface area contributed by atoms with E-state index >= 15 is 0 Å². The van der Waals surface area contributed by atoms with Crippen LogP contribution in [0.2, 0.25) is 10.0 Å². The number of hydrogen-bond acceptors (Lipinski definition) is 6. The molecule has 0 saturated carbocycles. The van der Waals surface area contributed by atoms with E-state index in [0.717, 1.165) is 5.01 Å². The smallest absolute Gasteiger partial charge is 0.273 e. The molecule has 1 aliphatic heterocycles. The van der Waals surface area contributed by atoms with Gasteiger partial charge in [-0.1, -0.05) is 23.2 Å². The Morgan fingerprint density at radius 3 is 2.48 bits per heavy atom. The quantitative estimate of drug-likeness (QED) is 0.786. The molecule has 0 atom stereocenters. The van der Waals surface area contributed by atoms with Crippen LogP contribution in [0.3, 0.4) is 0 Å². The van der Waals surface area contributed by atoms with E-state index < -0.39 is 0 Å². The van der Waals surface area contributed by atoms with Crippen molar-refractivity contribution in [1.29, 1.82) is 0 Å². The van der Waals surface area contributed by atoms with Crippen LogP contribution in [0.15, 0.2) is 17.6 Å². The van der Waals surface area contributed by atoms with Gasteiger partial charge in [0.1, 0.15) is 16.5 Å². The second-order valence-electron chi connectivity index (χ2n) is 5.07. The molecule has 3 rings (SSSR count). The summed E-state index contributed by atoms with van der Waals surface area (Å²) >= 11 is 13.5. The number of rotatable bonds is 3. The van der Waals surface area contributed by atoms with Crippen molar-refractivity contribution in [3.63, 3.8) is 0 Å². The van der Waals surface area contributed by atoms with Crippen molar-refractivity contribution in [2.75, 3.05) is 31.1 Å². The minimum absolute atomic E-state index is 0. The molecule has 25 heavy (non-hydrogen) atoms. The molecule has 1 amide bonds. The first kappa shape index (κ1) is 22.2. The average molecular weight is 445 g/mol. The standard InChI is InChI=1S/C14H15Cl2N5OS.2ClH/c15-9-5-10(16)13(18-7-9)20-1-3-21(4-2-20)14(22)11-8-23-12(6-17)19-11;;/h5,7-8H,1-4,6,17H2;2*1H. The Kier molecular flexibility index (Phi) is 8.67. The van der Waals surface area contributed by atoms with Crippen LogP contribution in [0.5, 0.6) is 0 Å². The van der Waals surface area contributed by atoms with Gasteiger partial charge < -0.3 is 15.5 Å². The second-order valence-corrected chi connectivity index (χ2v) is 6.86. The van der Waals surface area contributed by atoms with Crippen molar-refractivity contribution in [3.05, 3.63) is 38.4 Å². The number of amides is 1. The van der Waals surface area contributed by atoms with Crippen molar-refractivity contribution >= 4 is 71.1 Å². The Hall–Kier alpha value is -0.830. The summed E-state index contributed by atoms with van der Waals surface area (Å²) in [6.07, 6.45) is 1.57. The molecular formula is C14H17Cl4N5OS. The molecule has 6 nitrogen and oxygen atoms in total. The fourth-order valence-electron chi connectivity index (χ4n) is 2.43. The highest BCUT2D eigenvalue weighted by Gasteiger charge is 2.25. The Morgan fingerprint density at radius 2 is 1.92 bits per heavy atom. The lowest BCUT2D eigenvalue weighted by Crippen LogP contribution is -2.49. The number of pyridine rings is 1. The van der Waals surface area contributed by atoms with E-state index in [-0.39, 0.29) is 30.7 Å². The summed E-state index contributed by atoms with van der Waals surface area (Å²) in [5.41, 5.74) is 6.00. The molecule has 2 aromatic heterocycles. The summed E-state index contributed by atoms with van der Waals surface area (Å²) in [5.74, 6) is 0.637. The van der Waals surface area contributed by atoms with Gasteiger partial charge in [-0.15, -0.1) is 36.2 Å². The molecule has 1 aliphatic rings. The highest BCUT2D eigenvalue weighted by molar-refractivity contribution is 7.09. The molecule has 0 radical (unpaired) electrons. The molecule has 1 saturated heterocycles. The number of halogens is 4. The maximum absolute atomic E-state index is 12.4. The molecule has 1 fully saturated rings. The maximum Gasteiger partial charge on any atom is 0.273 e. The lowest BCUT2D eigenvalue weighted by molar-refractivity contribution is 0.0741. The van der Waals surface area contributed by atoms with Gasteiger partial charge in [-0.05, 0) is 6.07 Å². The topological polar surface area (TPSA) is 75.3 Å². The maximum atomic E-state index is 12.4. The minimum atomic E-state index is -0.0595. The number of hydrogen-bond donors (Lipinski definition) is 1. The molecule has 0 aromatic carbocycles. The summed E-state index contributed by atoms with van der Waals surface area (Å²) in [4.78, 5) is 24.8. The van der Waals surface area contributed by atoms with Crippen molar-refractivity contribution in [3.8, 4) is 0 Å². The van der Waals surface area contributed by atoms with Crippen LogP contribution in [0, 0.1) is 0 Å². The molecule has 0 aliphatic carbocycles. The van der Waals surface area contributed by atoms with Crippen LogP contribution in [-0.2, 0) is 6.54 Å². The number of nitrogens with zero attached hydrogens (tertiary/aromatic N) is 4. The molecular weight excluding hydrogens is 428 g/mol. The van der Waals surface area contributed by atoms with E-state index in [1.807, 2.05) is 0 Å². The van der Waals surface area contributed by atoms with Crippen molar-refractivity contribution in [2.45, 2.75) is 6.54 Å². The first-order valence-corrected chi connectivity index (χ1v) is 8.72. The lowest BCUT2D eigenvalue weighted by Gasteiger charge is -2.35. The van der Waals surface area contributed by atoms with Crippen molar-refractivity contribution in [1.82, 2.24) is 14.9 Å². The van der Waals surface area contributed by atoms with E-state index in [0.29, 0.717) is 54.3 Å². The highest BCUT2D eigenvalue weighted by Crippen LogP contribution is 2.27. The van der Waals surface area contributed by atoms with Gasteiger partial charge in [-0.2, -0.15) is 0 Å². The van der Waals surface area contributed by atoms with Crippen LogP contribution in [0.4, 0.5) is 5.82 Å². The summed E-state index contributed by atoms with van der Waals surface area (Å²) in [6, 6.07) is 1.67. The summed E-state index contributed by atoms with van der Waals surface area (Å²) in [6.45, 7) is 2.86. The van der Waals surface area contributed by atoms with Gasteiger partial charge in [-0.25, -0.2) is 9.97 Å². The first-order chi connectivity index (χ1) is 11.1. The van der Waals surface area contributed by atoms with Gasteiger partial charge in [-0.3, -0.25) is 4.79 Å². The molecule has 2 N–H and O–H groups in total. The fraction of sp³-hybridized carbons (Fsp3) is 0.357. The number of aromatic nitrogens is 2. The van der Waals surface area contributed by atoms with Gasteiger partial charge in [0.05, 0.1) is 10.0 Å². The van der Waals surface area contributed by atoms with E-state index in [9.17, 15) is 4.79 Å². The Bertz CT molecular complexity index is 721. The molecule has 0 bridgehead atoms. The third-order valence-corrected chi connectivity index (χ3v) is 4.96. The van der Waals surface area contributed by atoms with E-state index in [1.54, 1.807) is 22.5 Å². The van der Waals surface area contributed by atoms with Gasteiger partial charge in [0, 0.05) is 44.3 Å². The summed E-state index contributed by atoms with van der Waals surface area (Å²) in [5, 5.41) is 3.55. The zero-order valence-electron chi connectivity index (χ0n) is 13.0. The van der Waals surface area contributed by atoms with Crippen LogP contribution in [0.25, 0.3) is 0 Å². The normalized spacial score (nSPS) is 13.9.